The van der Waals surface area contributed by atoms with E-state index in [9.17, 15) is 16.8 Å². The fourth-order valence-corrected chi connectivity index (χ4v) is 4.73. The minimum atomic E-state index is -3.79. The standard InChI is InChI=1S/C28H26O6S2/c1-23-9-17-27(18-10-23)35(29,30)33-21-5-3-7-25-13-15-26(16-14-25)8-4-6-22-34-36(31,32)28-19-11-24(2)12-20-28/h9-20H,5-6,21-22H2,1-2H3. The molecule has 3 rings (SSSR count). The van der Waals surface area contributed by atoms with E-state index in [1.54, 1.807) is 48.5 Å². The van der Waals surface area contributed by atoms with Gasteiger partial charge in [0.05, 0.1) is 23.0 Å². The molecule has 0 heterocycles. The van der Waals surface area contributed by atoms with E-state index in [1.165, 1.54) is 24.3 Å². The number of benzene rings is 3. The minimum absolute atomic E-state index is 0.0333. The van der Waals surface area contributed by atoms with Crippen molar-refractivity contribution >= 4 is 20.2 Å². The second-order valence-corrected chi connectivity index (χ2v) is 11.1. The largest absolute Gasteiger partial charge is 0.297 e. The zero-order valence-electron chi connectivity index (χ0n) is 20.0. The van der Waals surface area contributed by atoms with Crippen molar-refractivity contribution in [2.75, 3.05) is 13.2 Å². The fraction of sp³-hybridized carbons (Fsp3) is 0.214. The molecule has 0 amide bonds. The molecule has 0 unspecified atom stereocenters. The topological polar surface area (TPSA) is 86.7 Å². The Morgan fingerprint density at radius 3 is 1.22 bits per heavy atom. The maximum absolute atomic E-state index is 12.1. The van der Waals surface area contributed by atoms with E-state index in [0.717, 1.165) is 22.3 Å². The third-order valence-electron chi connectivity index (χ3n) is 4.90. The molecule has 36 heavy (non-hydrogen) atoms. The van der Waals surface area contributed by atoms with Gasteiger partial charge in [-0.05, 0) is 62.4 Å². The first-order chi connectivity index (χ1) is 17.2. The highest BCUT2D eigenvalue weighted by atomic mass is 32.2. The van der Waals surface area contributed by atoms with Crippen LogP contribution in [0.15, 0.2) is 82.6 Å². The molecule has 0 radical (unpaired) electrons. The van der Waals surface area contributed by atoms with Crippen LogP contribution in [0.2, 0.25) is 0 Å². The minimum Gasteiger partial charge on any atom is -0.265 e. The molecular formula is C28H26O6S2. The lowest BCUT2D eigenvalue weighted by atomic mass is 10.1. The molecule has 0 N–H and O–H groups in total. The summed E-state index contributed by atoms with van der Waals surface area (Å²) < 4.78 is 58.6. The zero-order valence-corrected chi connectivity index (χ0v) is 21.7. The van der Waals surface area contributed by atoms with Gasteiger partial charge in [0.15, 0.2) is 0 Å². The van der Waals surface area contributed by atoms with E-state index in [2.05, 4.69) is 23.7 Å². The molecule has 3 aromatic carbocycles. The van der Waals surface area contributed by atoms with Crippen molar-refractivity contribution in [2.24, 2.45) is 0 Å². The molecule has 8 heteroatoms. The maximum atomic E-state index is 12.1. The van der Waals surface area contributed by atoms with Gasteiger partial charge in [0, 0.05) is 24.0 Å². The predicted molar refractivity (Wildman–Crippen MR) is 138 cm³/mol. The molecule has 0 atom stereocenters. The van der Waals surface area contributed by atoms with Crippen LogP contribution in [0.3, 0.4) is 0 Å². The van der Waals surface area contributed by atoms with Crippen LogP contribution < -0.4 is 0 Å². The number of hydrogen-bond donors (Lipinski definition) is 0. The van der Waals surface area contributed by atoms with Crippen molar-refractivity contribution in [3.8, 4) is 23.7 Å². The lowest BCUT2D eigenvalue weighted by Crippen LogP contribution is -2.07. The first-order valence-electron chi connectivity index (χ1n) is 11.2. The Bertz CT molecular complexity index is 1380. The van der Waals surface area contributed by atoms with Crippen molar-refractivity contribution < 1.29 is 25.2 Å². The van der Waals surface area contributed by atoms with Gasteiger partial charge in [0.2, 0.25) is 0 Å². The fourth-order valence-electron chi connectivity index (χ4n) is 2.92. The molecule has 6 nitrogen and oxygen atoms in total. The van der Waals surface area contributed by atoms with Gasteiger partial charge in [-0.3, -0.25) is 8.37 Å². The Kier molecular flexibility index (Phi) is 9.46. The highest BCUT2D eigenvalue weighted by Crippen LogP contribution is 2.14. The molecule has 0 aliphatic rings. The van der Waals surface area contributed by atoms with Gasteiger partial charge in [-0.1, -0.05) is 59.1 Å². The van der Waals surface area contributed by atoms with Gasteiger partial charge in [-0.15, -0.1) is 0 Å². The smallest absolute Gasteiger partial charge is 0.265 e. The van der Waals surface area contributed by atoms with E-state index in [-0.39, 0.29) is 35.8 Å². The average molecular weight is 523 g/mol. The molecule has 3 aromatic rings. The van der Waals surface area contributed by atoms with E-state index in [1.807, 2.05) is 13.8 Å². The lowest BCUT2D eigenvalue weighted by molar-refractivity contribution is 0.326. The Balaban J connectivity index is 1.42. The Morgan fingerprint density at radius 2 is 0.889 bits per heavy atom. The van der Waals surface area contributed by atoms with Crippen LogP contribution in [-0.4, -0.2) is 30.0 Å². The van der Waals surface area contributed by atoms with Crippen LogP contribution in [0.25, 0.3) is 0 Å². The van der Waals surface area contributed by atoms with E-state index in [4.69, 9.17) is 8.37 Å². The molecule has 0 fully saturated rings. The molecule has 0 saturated carbocycles. The SMILES string of the molecule is Cc1ccc(S(=O)(=O)OCCC#Cc2ccc(C#CCCOS(=O)(=O)c3ccc(C)cc3)cc2)cc1. The summed E-state index contributed by atoms with van der Waals surface area (Å²) in [6, 6.07) is 20.1. The summed E-state index contributed by atoms with van der Waals surface area (Å²) in [5, 5.41) is 0. The molecule has 186 valence electrons. The normalized spacial score (nSPS) is 11.2. The highest BCUT2D eigenvalue weighted by molar-refractivity contribution is 7.87. The summed E-state index contributed by atoms with van der Waals surface area (Å²) in [6.07, 6.45) is 0.524. The van der Waals surface area contributed by atoms with Crippen molar-refractivity contribution in [3.63, 3.8) is 0 Å². The van der Waals surface area contributed by atoms with Crippen LogP contribution in [0.1, 0.15) is 35.1 Å². The number of aryl methyl sites for hydroxylation is 2. The second kappa shape index (κ2) is 12.5. The summed E-state index contributed by atoms with van der Waals surface area (Å²) >= 11 is 0. The Morgan fingerprint density at radius 1 is 0.556 bits per heavy atom. The summed E-state index contributed by atoms with van der Waals surface area (Å²) in [4.78, 5) is 0.245. The van der Waals surface area contributed by atoms with Gasteiger partial charge in [0.1, 0.15) is 0 Å². The van der Waals surface area contributed by atoms with Crippen LogP contribution >= 0.6 is 0 Å². The van der Waals surface area contributed by atoms with E-state index < -0.39 is 20.2 Å². The molecule has 0 bridgehead atoms. The summed E-state index contributed by atoms with van der Waals surface area (Å²) in [5.41, 5.74) is 3.45. The Labute approximate surface area is 213 Å². The van der Waals surface area contributed by atoms with Crippen molar-refractivity contribution in [3.05, 3.63) is 95.1 Å². The van der Waals surface area contributed by atoms with E-state index in [0.29, 0.717) is 0 Å². The average Bonchev–Trinajstić information content (AvgIpc) is 2.85. The van der Waals surface area contributed by atoms with Gasteiger partial charge >= 0.3 is 0 Å². The lowest BCUT2D eigenvalue weighted by Gasteiger charge is -2.04. The summed E-state index contributed by atoms with van der Waals surface area (Å²) in [7, 11) is -7.58. The number of rotatable bonds is 8. The molecule has 0 saturated heterocycles. The quantitative estimate of drug-likeness (QED) is 0.244. The zero-order chi connectivity index (χ0) is 26.0. The number of hydrogen-bond acceptors (Lipinski definition) is 6. The van der Waals surface area contributed by atoms with Gasteiger partial charge in [0.25, 0.3) is 20.2 Å². The van der Waals surface area contributed by atoms with Crippen molar-refractivity contribution in [1.82, 2.24) is 0 Å². The Hall–Kier alpha value is -3.40. The van der Waals surface area contributed by atoms with Gasteiger partial charge in [-0.2, -0.15) is 16.8 Å². The third-order valence-corrected chi connectivity index (χ3v) is 7.55. The molecule has 0 spiro atoms. The maximum Gasteiger partial charge on any atom is 0.297 e. The van der Waals surface area contributed by atoms with Gasteiger partial charge < -0.3 is 0 Å². The van der Waals surface area contributed by atoms with Crippen molar-refractivity contribution in [2.45, 2.75) is 36.5 Å². The predicted octanol–water partition coefficient (Wildman–Crippen LogP) is 4.60. The molecular weight excluding hydrogens is 496 g/mol. The van der Waals surface area contributed by atoms with E-state index >= 15 is 0 Å². The monoisotopic (exact) mass is 522 g/mol. The molecule has 0 aliphatic carbocycles. The van der Waals surface area contributed by atoms with Crippen LogP contribution in [0.4, 0.5) is 0 Å². The molecule has 0 aromatic heterocycles. The van der Waals surface area contributed by atoms with Crippen LogP contribution in [0, 0.1) is 37.5 Å². The molecule has 0 aliphatic heterocycles. The van der Waals surface area contributed by atoms with Crippen LogP contribution in [0.5, 0.6) is 0 Å². The summed E-state index contributed by atoms with van der Waals surface area (Å²) in [6.45, 7) is 3.69. The van der Waals surface area contributed by atoms with Crippen molar-refractivity contribution in [1.29, 1.82) is 0 Å². The summed E-state index contributed by atoms with van der Waals surface area (Å²) in [5.74, 6) is 11.7. The third kappa shape index (κ3) is 8.37. The second-order valence-electron chi connectivity index (χ2n) is 7.86. The first-order valence-corrected chi connectivity index (χ1v) is 14.0. The highest BCUT2D eigenvalue weighted by Gasteiger charge is 2.14. The van der Waals surface area contributed by atoms with Crippen LogP contribution in [-0.2, 0) is 28.6 Å². The first kappa shape index (κ1) is 27.2. The van der Waals surface area contributed by atoms with Gasteiger partial charge in [-0.25, -0.2) is 0 Å².